The number of likely N-dealkylation sites (tertiary alicyclic amines) is 1. The minimum Gasteiger partial charge on any atom is -0.368 e. The first-order valence-electron chi connectivity index (χ1n) is 7.63. The number of benzene rings is 1. The van der Waals surface area contributed by atoms with E-state index in [1.807, 2.05) is 0 Å². The zero-order valence-corrected chi connectivity index (χ0v) is 15.4. The monoisotopic (exact) mass is 370 g/mol. The van der Waals surface area contributed by atoms with Crippen LogP contribution in [-0.4, -0.2) is 55.3 Å². The summed E-state index contributed by atoms with van der Waals surface area (Å²) >= 11 is 5.39. The molecular weight excluding hydrogens is 348 g/mol. The Morgan fingerprint density at radius 2 is 2.08 bits per heavy atom. The van der Waals surface area contributed by atoms with Gasteiger partial charge in [0.05, 0.1) is 4.90 Å². The van der Waals surface area contributed by atoms with Crippen molar-refractivity contribution in [3.63, 3.8) is 0 Å². The van der Waals surface area contributed by atoms with Crippen LogP contribution >= 0.6 is 12.2 Å². The molecule has 1 amide bonds. The molecular formula is C15H22N4O3S2. The molecule has 2 rings (SSSR count). The third kappa shape index (κ3) is 4.03. The van der Waals surface area contributed by atoms with Gasteiger partial charge in [-0.15, -0.1) is 0 Å². The highest BCUT2D eigenvalue weighted by Gasteiger charge is 2.28. The molecule has 1 fully saturated rings. The predicted molar refractivity (Wildman–Crippen MR) is 97.1 cm³/mol. The van der Waals surface area contributed by atoms with Crippen LogP contribution in [0.3, 0.4) is 0 Å². The number of hydrogen-bond acceptors (Lipinski definition) is 4. The average molecular weight is 371 g/mol. The Labute approximate surface area is 147 Å². The van der Waals surface area contributed by atoms with Gasteiger partial charge in [-0.05, 0) is 49.7 Å². The van der Waals surface area contributed by atoms with Gasteiger partial charge in [-0.2, -0.15) is 0 Å². The summed E-state index contributed by atoms with van der Waals surface area (Å²) in [5.74, 6) is -0.400. The molecule has 0 radical (unpaired) electrons. The number of hydrogen-bond donors (Lipinski definition) is 2. The highest BCUT2D eigenvalue weighted by atomic mass is 32.2. The fourth-order valence-electron chi connectivity index (χ4n) is 2.61. The van der Waals surface area contributed by atoms with Gasteiger partial charge in [0.2, 0.25) is 15.9 Å². The lowest BCUT2D eigenvalue weighted by atomic mass is 10.0. The number of carbonyl (C=O) groups is 1. The average Bonchev–Trinajstić information content (AvgIpc) is 2.54. The maximum Gasteiger partial charge on any atom is 0.242 e. The number of nitrogens with one attached hydrogen (secondary N) is 1. The smallest absolute Gasteiger partial charge is 0.242 e. The van der Waals surface area contributed by atoms with Gasteiger partial charge >= 0.3 is 0 Å². The molecule has 0 aromatic heterocycles. The van der Waals surface area contributed by atoms with E-state index in [2.05, 4.69) is 5.32 Å². The molecule has 24 heavy (non-hydrogen) atoms. The molecule has 132 valence electrons. The lowest BCUT2D eigenvalue weighted by molar-refractivity contribution is -0.122. The molecule has 0 aliphatic carbocycles. The second kappa shape index (κ2) is 7.45. The Balaban J connectivity index is 2.19. The van der Waals surface area contributed by atoms with Gasteiger partial charge in [0.15, 0.2) is 5.11 Å². The predicted octanol–water partition coefficient (Wildman–Crippen LogP) is 0.974. The van der Waals surface area contributed by atoms with Crippen LogP contribution in [0.4, 0.5) is 5.69 Å². The first-order chi connectivity index (χ1) is 11.2. The minimum absolute atomic E-state index is 0.172. The van der Waals surface area contributed by atoms with Crippen molar-refractivity contribution in [2.24, 2.45) is 5.73 Å². The second-order valence-electron chi connectivity index (χ2n) is 5.85. The van der Waals surface area contributed by atoms with Crippen LogP contribution in [-0.2, 0) is 14.8 Å². The molecule has 1 aromatic carbocycles. The Morgan fingerprint density at radius 3 is 2.71 bits per heavy atom. The highest BCUT2D eigenvalue weighted by Crippen LogP contribution is 2.21. The fourth-order valence-corrected chi connectivity index (χ4v) is 3.90. The lowest BCUT2D eigenvalue weighted by Crippen LogP contribution is -2.51. The molecule has 7 nitrogen and oxygen atoms in total. The van der Waals surface area contributed by atoms with E-state index in [0.29, 0.717) is 23.8 Å². The molecule has 1 aliphatic rings. The number of thiocarbonyl (C=S) groups is 1. The number of sulfonamides is 1. The molecule has 1 atom stereocenters. The first kappa shape index (κ1) is 18.6. The SMILES string of the molecule is CN(C)S(=O)(=O)c1cccc(NC(=S)N2CCCC[C@H]2C(N)=O)c1. The van der Waals surface area contributed by atoms with E-state index in [0.717, 1.165) is 17.1 Å². The van der Waals surface area contributed by atoms with Gasteiger partial charge in [-0.25, -0.2) is 12.7 Å². The normalized spacial score (nSPS) is 18.5. The van der Waals surface area contributed by atoms with Crippen molar-refractivity contribution in [1.82, 2.24) is 9.21 Å². The van der Waals surface area contributed by atoms with Gasteiger partial charge in [-0.3, -0.25) is 4.79 Å². The van der Waals surface area contributed by atoms with Gasteiger partial charge in [0, 0.05) is 26.3 Å². The summed E-state index contributed by atoms with van der Waals surface area (Å²) in [6.45, 7) is 0.648. The molecule has 1 aromatic rings. The van der Waals surface area contributed by atoms with E-state index in [-0.39, 0.29) is 4.90 Å². The standard InChI is InChI=1S/C15H22N4O3S2/c1-18(2)24(21,22)12-7-5-6-11(10-12)17-15(23)19-9-4-3-8-13(19)14(16)20/h5-7,10,13H,3-4,8-9H2,1-2H3,(H2,16,20)(H,17,23)/t13-/m0/s1. The van der Waals surface area contributed by atoms with Crippen LogP contribution < -0.4 is 11.1 Å². The summed E-state index contributed by atoms with van der Waals surface area (Å²) in [6.07, 6.45) is 2.54. The number of nitrogens with two attached hydrogens (primary N) is 1. The Bertz CT molecular complexity index is 734. The van der Waals surface area contributed by atoms with Gasteiger partial charge < -0.3 is 16.0 Å². The minimum atomic E-state index is -3.52. The zero-order valence-electron chi connectivity index (χ0n) is 13.7. The maximum absolute atomic E-state index is 12.2. The molecule has 1 saturated heterocycles. The van der Waals surface area contributed by atoms with Crippen LogP contribution in [0.2, 0.25) is 0 Å². The van der Waals surface area contributed by atoms with E-state index in [4.69, 9.17) is 18.0 Å². The quantitative estimate of drug-likeness (QED) is 0.767. The molecule has 0 spiro atoms. The molecule has 0 saturated carbocycles. The van der Waals surface area contributed by atoms with Crippen molar-refractivity contribution < 1.29 is 13.2 Å². The lowest BCUT2D eigenvalue weighted by Gasteiger charge is -2.35. The summed E-state index contributed by atoms with van der Waals surface area (Å²) < 4.78 is 25.6. The van der Waals surface area contributed by atoms with Crippen LogP contribution in [0, 0.1) is 0 Å². The summed E-state index contributed by atoms with van der Waals surface area (Å²) in [5, 5.41) is 3.39. The number of nitrogens with zero attached hydrogens (tertiary/aromatic N) is 2. The molecule has 0 bridgehead atoms. The number of primary amides is 1. The van der Waals surface area contributed by atoms with Gasteiger partial charge in [-0.1, -0.05) is 6.07 Å². The van der Waals surface area contributed by atoms with E-state index in [1.165, 1.54) is 26.2 Å². The van der Waals surface area contributed by atoms with E-state index >= 15 is 0 Å². The maximum atomic E-state index is 12.2. The molecule has 3 N–H and O–H groups in total. The number of anilines is 1. The Morgan fingerprint density at radius 1 is 1.38 bits per heavy atom. The molecule has 9 heteroatoms. The van der Waals surface area contributed by atoms with E-state index in [9.17, 15) is 13.2 Å². The van der Waals surface area contributed by atoms with E-state index < -0.39 is 22.0 Å². The Hall–Kier alpha value is -1.71. The number of rotatable bonds is 4. The summed E-state index contributed by atoms with van der Waals surface area (Å²) in [4.78, 5) is 13.5. The van der Waals surface area contributed by atoms with Crippen LogP contribution in [0.1, 0.15) is 19.3 Å². The van der Waals surface area contributed by atoms with Crippen molar-refractivity contribution in [3.8, 4) is 0 Å². The first-order valence-corrected chi connectivity index (χ1v) is 9.48. The van der Waals surface area contributed by atoms with Crippen molar-refractivity contribution in [2.45, 2.75) is 30.2 Å². The zero-order chi connectivity index (χ0) is 17.9. The Kier molecular flexibility index (Phi) is 5.79. The number of piperidine rings is 1. The fraction of sp³-hybridized carbons (Fsp3) is 0.467. The molecule has 1 heterocycles. The van der Waals surface area contributed by atoms with Crippen LogP contribution in [0.5, 0.6) is 0 Å². The summed E-state index contributed by atoms with van der Waals surface area (Å²) in [7, 11) is -0.567. The van der Waals surface area contributed by atoms with Crippen molar-refractivity contribution in [1.29, 1.82) is 0 Å². The van der Waals surface area contributed by atoms with Crippen LogP contribution in [0.15, 0.2) is 29.2 Å². The highest BCUT2D eigenvalue weighted by molar-refractivity contribution is 7.89. The van der Waals surface area contributed by atoms with Crippen molar-refractivity contribution >= 4 is 38.9 Å². The van der Waals surface area contributed by atoms with Gasteiger partial charge in [0.1, 0.15) is 6.04 Å². The van der Waals surface area contributed by atoms with Crippen molar-refractivity contribution in [3.05, 3.63) is 24.3 Å². The largest absolute Gasteiger partial charge is 0.368 e. The topological polar surface area (TPSA) is 95.7 Å². The molecule has 0 unspecified atom stereocenters. The molecule has 1 aliphatic heterocycles. The third-order valence-electron chi connectivity index (χ3n) is 3.96. The summed E-state index contributed by atoms with van der Waals surface area (Å²) in [5.41, 5.74) is 6.00. The number of amides is 1. The van der Waals surface area contributed by atoms with Crippen molar-refractivity contribution in [2.75, 3.05) is 26.0 Å². The second-order valence-corrected chi connectivity index (χ2v) is 8.39. The van der Waals surface area contributed by atoms with E-state index in [1.54, 1.807) is 17.0 Å². The van der Waals surface area contributed by atoms with Crippen LogP contribution in [0.25, 0.3) is 0 Å². The van der Waals surface area contributed by atoms with Gasteiger partial charge in [0.25, 0.3) is 0 Å². The number of carbonyl (C=O) groups excluding carboxylic acids is 1. The third-order valence-corrected chi connectivity index (χ3v) is 6.10. The summed E-state index contributed by atoms with van der Waals surface area (Å²) in [6, 6.07) is 5.99.